The molecular formula is C10H15Cl2N3. The van der Waals surface area contributed by atoms with Crippen LogP contribution in [-0.2, 0) is 13.6 Å². The fraction of sp³-hybridized carbons (Fsp3) is 0.300. The molecular weight excluding hydrogens is 233 g/mol. The first kappa shape index (κ1) is 14.2. The van der Waals surface area contributed by atoms with E-state index in [2.05, 4.69) is 15.6 Å². The molecule has 0 bridgehead atoms. The summed E-state index contributed by atoms with van der Waals surface area (Å²) in [6.45, 7) is 2.58. The summed E-state index contributed by atoms with van der Waals surface area (Å²) in [6, 6.07) is 6.16. The third kappa shape index (κ3) is 2.43. The van der Waals surface area contributed by atoms with Gasteiger partial charge in [-0.25, -0.2) is 4.98 Å². The molecule has 5 heteroatoms. The zero-order valence-corrected chi connectivity index (χ0v) is 10.4. The summed E-state index contributed by atoms with van der Waals surface area (Å²) >= 11 is 0. The zero-order valence-electron chi connectivity index (χ0n) is 8.73. The lowest BCUT2D eigenvalue weighted by molar-refractivity contribution is 0.886. The predicted molar refractivity (Wildman–Crippen MR) is 67.8 cm³/mol. The molecule has 0 fully saturated rings. The molecule has 3 nitrogen and oxygen atoms in total. The maximum atomic E-state index is 5.55. The molecule has 15 heavy (non-hydrogen) atoms. The summed E-state index contributed by atoms with van der Waals surface area (Å²) in [7, 11) is 2.02. The van der Waals surface area contributed by atoms with Crippen molar-refractivity contribution in [2.45, 2.75) is 13.5 Å². The first-order valence-corrected chi connectivity index (χ1v) is 4.34. The average molecular weight is 248 g/mol. The van der Waals surface area contributed by atoms with E-state index in [1.165, 1.54) is 0 Å². The van der Waals surface area contributed by atoms with Crippen molar-refractivity contribution < 1.29 is 0 Å². The second-order valence-corrected chi connectivity index (χ2v) is 3.25. The fourth-order valence-electron chi connectivity index (χ4n) is 1.49. The fourth-order valence-corrected chi connectivity index (χ4v) is 1.49. The van der Waals surface area contributed by atoms with Crippen molar-refractivity contribution in [3.63, 3.8) is 0 Å². The molecule has 0 unspecified atom stereocenters. The molecule has 0 atom stereocenters. The van der Waals surface area contributed by atoms with Crippen LogP contribution in [0, 0.1) is 6.92 Å². The van der Waals surface area contributed by atoms with E-state index in [0.29, 0.717) is 6.54 Å². The van der Waals surface area contributed by atoms with E-state index < -0.39 is 0 Å². The first-order valence-electron chi connectivity index (χ1n) is 4.34. The molecule has 0 aliphatic heterocycles. The normalized spacial score (nSPS) is 9.53. The number of benzene rings is 1. The standard InChI is InChI=1S/C10H13N3.2ClH/c1-7-12-9-5-8(6-11)3-4-10(9)13(7)2;;/h3-5H,6,11H2,1-2H3;2*1H. The van der Waals surface area contributed by atoms with Crippen molar-refractivity contribution in [1.82, 2.24) is 9.55 Å². The highest BCUT2D eigenvalue weighted by Crippen LogP contribution is 2.15. The minimum Gasteiger partial charge on any atom is -0.331 e. The Hall–Kier alpha value is -0.770. The summed E-state index contributed by atoms with van der Waals surface area (Å²) in [5.74, 6) is 1.03. The number of hydrogen-bond donors (Lipinski definition) is 1. The van der Waals surface area contributed by atoms with Crippen molar-refractivity contribution in [1.29, 1.82) is 0 Å². The molecule has 0 radical (unpaired) electrons. The smallest absolute Gasteiger partial charge is 0.106 e. The number of hydrogen-bond acceptors (Lipinski definition) is 2. The predicted octanol–water partition coefficient (Wildman–Crippen LogP) is 2.18. The number of fused-ring (bicyclic) bond motifs is 1. The molecule has 1 heterocycles. The Morgan fingerprint density at radius 1 is 1.33 bits per heavy atom. The van der Waals surface area contributed by atoms with Gasteiger partial charge in [-0.05, 0) is 24.6 Å². The maximum absolute atomic E-state index is 5.55. The van der Waals surface area contributed by atoms with E-state index >= 15 is 0 Å². The van der Waals surface area contributed by atoms with Crippen LogP contribution in [0.2, 0.25) is 0 Å². The summed E-state index contributed by atoms with van der Waals surface area (Å²) in [5, 5.41) is 0. The van der Waals surface area contributed by atoms with Gasteiger partial charge >= 0.3 is 0 Å². The van der Waals surface area contributed by atoms with Gasteiger partial charge in [-0.1, -0.05) is 6.07 Å². The van der Waals surface area contributed by atoms with Gasteiger partial charge in [0.2, 0.25) is 0 Å². The second kappa shape index (κ2) is 5.35. The highest BCUT2D eigenvalue weighted by atomic mass is 35.5. The summed E-state index contributed by atoms with van der Waals surface area (Å²) < 4.78 is 2.08. The molecule has 0 spiro atoms. The highest BCUT2D eigenvalue weighted by Gasteiger charge is 2.03. The van der Waals surface area contributed by atoms with E-state index in [0.717, 1.165) is 22.4 Å². The van der Waals surface area contributed by atoms with Gasteiger partial charge in [0.15, 0.2) is 0 Å². The molecule has 1 aromatic heterocycles. The maximum Gasteiger partial charge on any atom is 0.106 e. The lowest BCUT2D eigenvalue weighted by Crippen LogP contribution is -1.95. The van der Waals surface area contributed by atoms with Gasteiger partial charge in [0.1, 0.15) is 5.82 Å². The Morgan fingerprint density at radius 3 is 2.60 bits per heavy atom. The van der Waals surface area contributed by atoms with Crippen LogP contribution in [0.1, 0.15) is 11.4 Å². The zero-order chi connectivity index (χ0) is 9.42. The minimum atomic E-state index is 0. The minimum absolute atomic E-state index is 0. The number of aryl methyl sites for hydroxylation is 2. The van der Waals surface area contributed by atoms with Gasteiger partial charge in [-0.15, -0.1) is 24.8 Å². The molecule has 84 valence electrons. The van der Waals surface area contributed by atoms with Crippen LogP contribution >= 0.6 is 24.8 Å². The van der Waals surface area contributed by atoms with E-state index in [4.69, 9.17) is 5.73 Å². The Balaban J connectivity index is 0.000000980. The molecule has 0 amide bonds. The van der Waals surface area contributed by atoms with Crippen LogP contribution in [0.4, 0.5) is 0 Å². The monoisotopic (exact) mass is 247 g/mol. The van der Waals surface area contributed by atoms with Crippen LogP contribution in [0.25, 0.3) is 11.0 Å². The summed E-state index contributed by atoms with van der Waals surface area (Å²) in [6.07, 6.45) is 0. The van der Waals surface area contributed by atoms with Crippen LogP contribution in [0.5, 0.6) is 0 Å². The molecule has 0 aliphatic rings. The Kier molecular flexibility index (Phi) is 5.08. The Labute approximate surface area is 101 Å². The van der Waals surface area contributed by atoms with Crippen molar-refractivity contribution >= 4 is 35.8 Å². The number of rotatable bonds is 1. The SMILES string of the molecule is Cc1nc2cc(CN)ccc2n1C.Cl.Cl. The second-order valence-electron chi connectivity index (χ2n) is 3.25. The largest absolute Gasteiger partial charge is 0.331 e. The lowest BCUT2D eigenvalue weighted by atomic mass is 10.2. The highest BCUT2D eigenvalue weighted by molar-refractivity contribution is 5.85. The van der Waals surface area contributed by atoms with Gasteiger partial charge in [-0.2, -0.15) is 0 Å². The van der Waals surface area contributed by atoms with Gasteiger partial charge in [0, 0.05) is 13.6 Å². The number of aromatic nitrogens is 2. The van der Waals surface area contributed by atoms with Crippen molar-refractivity contribution in [2.75, 3.05) is 0 Å². The molecule has 1 aromatic carbocycles. The molecule has 0 saturated carbocycles. The topological polar surface area (TPSA) is 43.8 Å². The number of nitrogens with zero attached hydrogens (tertiary/aromatic N) is 2. The summed E-state index contributed by atoms with van der Waals surface area (Å²) in [4.78, 5) is 4.43. The lowest BCUT2D eigenvalue weighted by Gasteiger charge is -1.97. The van der Waals surface area contributed by atoms with E-state index in [9.17, 15) is 0 Å². The molecule has 2 aromatic rings. The van der Waals surface area contributed by atoms with Gasteiger partial charge in [0.05, 0.1) is 11.0 Å². The average Bonchev–Trinajstić information content (AvgIpc) is 2.42. The third-order valence-electron chi connectivity index (χ3n) is 2.40. The van der Waals surface area contributed by atoms with Crippen LogP contribution in [-0.4, -0.2) is 9.55 Å². The molecule has 2 N–H and O–H groups in total. The quantitative estimate of drug-likeness (QED) is 0.840. The molecule has 0 saturated heterocycles. The van der Waals surface area contributed by atoms with E-state index in [-0.39, 0.29) is 24.8 Å². The first-order chi connectivity index (χ1) is 6.22. The van der Waals surface area contributed by atoms with E-state index in [1.54, 1.807) is 0 Å². The van der Waals surface area contributed by atoms with Gasteiger partial charge in [0.25, 0.3) is 0 Å². The van der Waals surface area contributed by atoms with Crippen molar-refractivity contribution in [3.05, 3.63) is 29.6 Å². The van der Waals surface area contributed by atoms with Crippen molar-refractivity contribution in [3.8, 4) is 0 Å². The van der Waals surface area contributed by atoms with Crippen molar-refractivity contribution in [2.24, 2.45) is 12.8 Å². The molecule has 0 aliphatic carbocycles. The van der Waals surface area contributed by atoms with E-state index in [1.807, 2.05) is 26.1 Å². The van der Waals surface area contributed by atoms with Crippen LogP contribution in [0.15, 0.2) is 18.2 Å². The Bertz CT molecular complexity index is 451. The number of imidazole rings is 1. The van der Waals surface area contributed by atoms with Gasteiger partial charge < -0.3 is 10.3 Å². The summed E-state index contributed by atoms with van der Waals surface area (Å²) in [5.41, 5.74) is 8.87. The van der Waals surface area contributed by atoms with Crippen LogP contribution < -0.4 is 5.73 Å². The molecule has 2 rings (SSSR count). The van der Waals surface area contributed by atoms with Gasteiger partial charge in [-0.3, -0.25) is 0 Å². The van der Waals surface area contributed by atoms with Crippen LogP contribution in [0.3, 0.4) is 0 Å². The third-order valence-corrected chi connectivity index (χ3v) is 2.40. The Morgan fingerprint density at radius 2 is 2.00 bits per heavy atom. The number of halogens is 2. The number of nitrogens with two attached hydrogens (primary N) is 1.